The lowest BCUT2D eigenvalue weighted by Gasteiger charge is -2.30. The van der Waals surface area contributed by atoms with E-state index in [9.17, 15) is 4.79 Å². The molecule has 0 unspecified atom stereocenters. The first-order chi connectivity index (χ1) is 10.3. The zero-order valence-corrected chi connectivity index (χ0v) is 14.3. The summed E-state index contributed by atoms with van der Waals surface area (Å²) in [5.74, 6) is 1.39. The van der Waals surface area contributed by atoms with Crippen molar-refractivity contribution in [1.82, 2.24) is 15.0 Å². The maximum Gasteiger partial charge on any atom is 0.410 e. The highest BCUT2D eigenvalue weighted by Gasteiger charge is 2.33. The summed E-state index contributed by atoms with van der Waals surface area (Å²) in [4.78, 5) is 18.7. The molecule has 6 heteroatoms. The molecule has 1 aromatic rings. The molecule has 22 heavy (non-hydrogen) atoms. The van der Waals surface area contributed by atoms with Crippen LogP contribution in [0.5, 0.6) is 0 Å². The molecule has 0 bridgehead atoms. The number of aromatic nitrogens is 2. The Morgan fingerprint density at radius 3 is 2.64 bits per heavy atom. The molecule has 2 rings (SSSR count). The second-order valence-electron chi connectivity index (χ2n) is 7.18. The first kappa shape index (κ1) is 16.8. The summed E-state index contributed by atoms with van der Waals surface area (Å²) in [6.45, 7) is 10.3. The van der Waals surface area contributed by atoms with Gasteiger partial charge in [0.05, 0.1) is 6.04 Å². The van der Waals surface area contributed by atoms with Crippen LogP contribution in [0.4, 0.5) is 4.79 Å². The maximum absolute atomic E-state index is 12.5. The van der Waals surface area contributed by atoms with Crippen LogP contribution in [0.25, 0.3) is 0 Å². The van der Waals surface area contributed by atoms with Crippen LogP contribution in [0.15, 0.2) is 4.52 Å². The molecule has 2 heterocycles. The van der Waals surface area contributed by atoms with Crippen LogP contribution in [-0.4, -0.2) is 33.3 Å². The molecular formula is C16H27N3O3. The Kier molecular flexibility index (Phi) is 5.08. The highest BCUT2D eigenvalue weighted by Crippen LogP contribution is 2.30. The lowest BCUT2D eigenvalue weighted by atomic mass is 10.1. The monoisotopic (exact) mass is 309 g/mol. The Hall–Kier alpha value is -1.59. The fourth-order valence-corrected chi connectivity index (χ4v) is 2.53. The molecule has 1 fully saturated rings. The van der Waals surface area contributed by atoms with E-state index in [0.29, 0.717) is 18.3 Å². The van der Waals surface area contributed by atoms with Crippen molar-refractivity contribution in [1.29, 1.82) is 0 Å². The molecule has 0 saturated carbocycles. The summed E-state index contributed by atoms with van der Waals surface area (Å²) in [5.41, 5.74) is -0.506. The molecule has 0 N–H and O–H groups in total. The molecule has 0 aromatic carbocycles. The van der Waals surface area contributed by atoms with E-state index in [2.05, 4.69) is 10.1 Å². The van der Waals surface area contributed by atoms with Gasteiger partial charge in [0.2, 0.25) is 5.89 Å². The number of hydrogen-bond acceptors (Lipinski definition) is 5. The molecular weight excluding hydrogens is 282 g/mol. The van der Waals surface area contributed by atoms with Gasteiger partial charge in [-0.2, -0.15) is 4.98 Å². The van der Waals surface area contributed by atoms with Gasteiger partial charge in [-0.05, 0) is 33.6 Å². The first-order valence-electron chi connectivity index (χ1n) is 8.11. The topological polar surface area (TPSA) is 68.5 Å². The number of likely N-dealkylation sites (tertiary alicyclic amines) is 1. The van der Waals surface area contributed by atoms with E-state index < -0.39 is 5.60 Å². The van der Waals surface area contributed by atoms with Crippen molar-refractivity contribution in [2.45, 2.75) is 77.9 Å². The summed E-state index contributed by atoms with van der Waals surface area (Å²) >= 11 is 0. The van der Waals surface area contributed by atoms with Gasteiger partial charge >= 0.3 is 6.09 Å². The molecule has 1 aromatic heterocycles. The number of amides is 1. The van der Waals surface area contributed by atoms with Crippen LogP contribution in [0.2, 0.25) is 0 Å². The normalized spacial score (nSPS) is 20.1. The summed E-state index contributed by atoms with van der Waals surface area (Å²) in [6, 6.07) is -0.159. The summed E-state index contributed by atoms with van der Waals surface area (Å²) in [5, 5.41) is 4.10. The van der Waals surface area contributed by atoms with Gasteiger partial charge in [0.25, 0.3) is 0 Å². The van der Waals surface area contributed by atoms with Gasteiger partial charge in [-0.1, -0.05) is 31.8 Å². The van der Waals surface area contributed by atoms with Crippen molar-refractivity contribution in [3.8, 4) is 0 Å². The van der Waals surface area contributed by atoms with Crippen molar-refractivity contribution < 1.29 is 14.1 Å². The van der Waals surface area contributed by atoms with Crippen molar-refractivity contribution in [3.63, 3.8) is 0 Å². The van der Waals surface area contributed by atoms with Crippen LogP contribution in [0.3, 0.4) is 0 Å². The average Bonchev–Trinajstić information content (AvgIpc) is 2.75. The SMILES string of the molecule is CC(C)c1nc([C@H]2CCCCCN2C(=O)OC(C)(C)C)no1. The number of carbonyl (C=O) groups excluding carboxylic acids is 1. The first-order valence-corrected chi connectivity index (χ1v) is 8.11. The number of rotatable bonds is 2. The molecule has 124 valence electrons. The lowest BCUT2D eigenvalue weighted by Crippen LogP contribution is -2.39. The second kappa shape index (κ2) is 6.67. The van der Waals surface area contributed by atoms with Crippen molar-refractivity contribution in [2.75, 3.05) is 6.54 Å². The number of nitrogens with zero attached hydrogens (tertiary/aromatic N) is 3. The Labute approximate surface area is 132 Å². The van der Waals surface area contributed by atoms with Crippen LogP contribution in [-0.2, 0) is 4.74 Å². The van der Waals surface area contributed by atoms with Crippen LogP contribution < -0.4 is 0 Å². The van der Waals surface area contributed by atoms with Gasteiger partial charge in [-0.3, -0.25) is 4.90 Å². The Morgan fingerprint density at radius 2 is 2.05 bits per heavy atom. The van der Waals surface area contributed by atoms with Crippen molar-refractivity contribution in [2.24, 2.45) is 0 Å². The van der Waals surface area contributed by atoms with Crippen molar-refractivity contribution in [3.05, 3.63) is 11.7 Å². The Bertz CT molecular complexity index is 505. The summed E-state index contributed by atoms with van der Waals surface area (Å²) < 4.78 is 10.8. The largest absolute Gasteiger partial charge is 0.444 e. The maximum atomic E-state index is 12.5. The van der Waals surface area contributed by atoms with Gasteiger partial charge < -0.3 is 9.26 Å². The quantitative estimate of drug-likeness (QED) is 0.824. The standard InChI is InChI=1S/C16H27N3O3/c1-11(2)14-17-13(18-22-14)12-9-7-6-8-10-19(12)15(20)21-16(3,4)5/h11-12H,6-10H2,1-5H3/t12-/m1/s1. The summed E-state index contributed by atoms with van der Waals surface area (Å²) in [6.07, 6.45) is 3.68. The molecule has 1 atom stereocenters. The second-order valence-corrected chi connectivity index (χ2v) is 7.18. The molecule has 0 radical (unpaired) electrons. The van der Waals surface area contributed by atoms with E-state index in [1.807, 2.05) is 34.6 Å². The molecule has 1 aliphatic rings. The predicted octanol–water partition coefficient (Wildman–Crippen LogP) is 4.05. The van der Waals surface area contributed by atoms with Crippen LogP contribution in [0.1, 0.15) is 84.0 Å². The van der Waals surface area contributed by atoms with Gasteiger partial charge in [0.1, 0.15) is 5.60 Å². The third-order valence-electron chi connectivity index (χ3n) is 3.63. The van der Waals surface area contributed by atoms with Crippen LogP contribution in [0, 0.1) is 0 Å². The molecule has 1 saturated heterocycles. The minimum absolute atomic E-state index is 0.159. The third-order valence-corrected chi connectivity index (χ3v) is 3.63. The van der Waals surface area contributed by atoms with Gasteiger partial charge in [0, 0.05) is 12.5 Å². The zero-order valence-electron chi connectivity index (χ0n) is 14.3. The van der Waals surface area contributed by atoms with Crippen molar-refractivity contribution >= 4 is 6.09 Å². The summed E-state index contributed by atoms with van der Waals surface area (Å²) in [7, 11) is 0. The van der Waals surface area contributed by atoms with Crippen LogP contribution >= 0.6 is 0 Å². The van der Waals surface area contributed by atoms with E-state index in [0.717, 1.165) is 25.7 Å². The van der Waals surface area contributed by atoms with E-state index in [1.165, 1.54) is 0 Å². The fraction of sp³-hybridized carbons (Fsp3) is 0.812. The molecule has 1 amide bonds. The highest BCUT2D eigenvalue weighted by molar-refractivity contribution is 5.68. The smallest absolute Gasteiger partial charge is 0.410 e. The minimum Gasteiger partial charge on any atom is -0.444 e. The molecule has 6 nitrogen and oxygen atoms in total. The number of ether oxygens (including phenoxy) is 1. The highest BCUT2D eigenvalue weighted by atomic mass is 16.6. The van der Waals surface area contributed by atoms with Gasteiger partial charge in [0.15, 0.2) is 5.82 Å². The van der Waals surface area contributed by atoms with Gasteiger partial charge in [-0.15, -0.1) is 0 Å². The lowest BCUT2D eigenvalue weighted by molar-refractivity contribution is 0.0153. The Morgan fingerprint density at radius 1 is 1.32 bits per heavy atom. The molecule has 0 aliphatic carbocycles. The zero-order chi connectivity index (χ0) is 16.3. The Balaban J connectivity index is 2.21. The number of carbonyl (C=O) groups is 1. The molecule has 0 spiro atoms. The molecule has 1 aliphatic heterocycles. The fourth-order valence-electron chi connectivity index (χ4n) is 2.53. The van der Waals surface area contributed by atoms with E-state index in [-0.39, 0.29) is 18.1 Å². The number of hydrogen-bond donors (Lipinski definition) is 0. The third kappa shape index (κ3) is 4.21. The van der Waals surface area contributed by atoms with Gasteiger partial charge in [-0.25, -0.2) is 4.79 Å². The van der Waals surface area contributed by atoms with E-state index in [4.69, 9.17) is 9.26 Å². The van der Waals surface area contributed by atoms with E-state index >= 15 is 0 Å². The minimum atomic E-state index is -0.506. The predicted molar refractivity (Wildman–Crippen MR) is 82.5 cm³/mol. The average molecular weight is 309 g/mol. The van der Waals surface area contributed by atoms with E-state index in [1.54, 1.807) is 4.90 Å².